The molecule has 0 aliphatic heterocycles. The molecule has 1 atom stereocenters. The van der Waals surface area contributed by atoms with Gasteiger partial charge in [-0.3, -0.25) is 4.79 Å². The second-order valence-corrected chi connectivity index (χ2v) is 5.20. The molecular formula is C13H19NO2S. The molecule has 94 valence electrons. The van der Waals surface area contributed by atoms with Crippen molar-refractivity contribution in [3.05, 3.63) is 30.3 Å². The largest absolute Gasteiger partial charge is 0.392 e. The van der Waals surface area contributed by atoms with Crippen LogP contribution in [0.4, 0.5) is 0 Å². The number of carbonyl (C=O) groups is 1. The van der Waals surface area contributed by atoms with E-state index in [2.05, 4.69) is 0 Å². The van der Waals surface area contributed by atoms with Crippen molar-refractivity contribution in [1.29, 1.82) is 0 Å². The Labute approximate surface area is 107 Å². The maximum atomic E-state index is 11.7. The average Bonchev–Trinajstić information content (AvgIpc) is 2.29. The summed E-state index contributed by atoms with van der Waals surface area (Å²) in [5, 5.41) is 9.18. The van der Waals surface area contributed by atoms with Crippen molar-refractivity contribution in [2.75, 3.05) is 19.3 Å². The molecular weight excluding hydrogens is 234 g/mol. The Bertz CT molecular complexity index is 341. The molecule has 0 heterocycles. The molecule has 0 aliphatic carbocycles. The number of aliphatic hydroxyl groups is 1. The van der Waals surface area contributed by atoms with E-state index >= 15 is 0 Å². The number of amides is 1. The molecule has 4 heteroatoms. The summed E-state index contributed by atoms with van der Waals surface area (Å²) < 4.78 is 0. The Morgan fingerprint density at radius 1 is 1.41 bits per heavy atom. The van der Waals surface area contributed by atoms with Crippen LogP contribution in [0, 0.1) is 0 Å². The van der Waals surface area contributed by atoms with Crippen molar-refractivity contribution >= 4 is 17.7 Å². The predicted molar refractivity (Wildman–Crippen MR) is 71.1 cm³/mol. The Morgan fingerprint density at radius 3 is 2.65 bits per heavy atom. The molecule has 1 amide bonds. The van der Waals surface area contributed by atoms with Gasteiger partial charge in [0.05, 0.1) is 6.10 Å². The van der Waals surface area contributed by atoms with Crippen LogP contribution in [0.1, 0.15) is 13.3 Å². The molecule has 0 radical (unpaired) electrons. The lowest BCUT2D eigenvalue weighted by Crippen LogP contribution is -2.33. The van der Waals surface area contributed by atoms with E-state index in [9.17, 15) is 9.90 Å². The average molecular weight is 253 g/mol. The summed E-state index contributed by atoms with van der Waals surface area (Å²) >= 11 is 1.68. The maximum Gasteiger partial charge on any atom is 0.223 e. The van der Waals surface area contributed by atoms with Crippen molar-refractivity contribution in [3.8, 4) is 0 Å². The Hall–Kier alpha value is -1.00. The molecule has 1 N–H and O–H groups in total. The van der Waals surface area contributed by atoms with Crippen LogP contribution in [0.15, 0.2) is 35.2 Å². The summed E-state index contributed by atoms with van der Waals surface area (Å²) in [5.41, 5.74) is 0. The van der Waals surface area contributed by atoms with Gasteiger partial charge in [0.2, 0.25) is 5.91 Å². The van der Waals surface area contributed by atoms with Crippen LogP contribution < -0.4 is 0 Å². The SMILES string of the molecule is CC(O)CN(C)C(=O)CCSc1ccccc1. The Balaban J connectivity index is 2.24. The van der Waals surface area contributed by atoms with E-state index in [0.29, 0.717) is 13.0 Å². The maximum absolute atomic E-state index is 11.7. The van der Waals surface area contributed by atoms with Crippen LogP contribution in [-0.2, 0) is 4.79 Å². The van der Waals surface area contributed by atoms with Gasteiger partial charge in [-0.05, 0) is 19.1 Å². The molecule has 0 saturated carbocycles. The smallest absolute Gasteiger partial charge is 0.223 e. The number of nitrogens with zero attached hydrogens (tertiary/aromatic N) is 1. The zero-order valence-corrected chi connectivity index (χ0v) is 11.1. The van der Waals surface area contributed by atoms with Gasteiger partial charge in [0.25, 0.3) is 0 Å². The molecule has 17 heavy (non-hydrogen) atoms. The minimum Gasteiger partial charge on any atom is -0.392 e. The zero-order valence-electron chi connectivity index (χ0n) is 10.3. The molecule has 3 nitrogen and oxygen atoms in total. The van der Waals surface area contributed by atoms with Gasteiger partial charge in [-0.2, -0.15) is 0 Å². The number of rotatable bonds is 6. The normalized spacial score (nSPS) is 12.2. The van der Waals surface area contributed by atoms with Gasteiger partial charge in [-0.1, -0.05) is 18.2 Å². The molecule has 0 spiro atoms. The van der Waals surface area contributed by atoms with Crippen molar-refractivity contribution in [2.24, 2.45) is 0 Å². The first-order valence-electron chi connectivity index (χ1n) is 5.69. The van der Waals surface area contributed by atoms with Gasteiger partial charge in [0.1, 0.15) is 0 Å². The summed E-state index contributed by atoms with van der Waals surface area (Å²) in [6, 6.07) is 10.0. The van der Waals surface area contributed by atoms with Gasteiger partial charge in [-0.25, -0.2) is 0 Å². The van der Waals surface area contributed by atoms with Crippen LogP contribution in [0.25, 0.3) is 0 Å². The van der Waals surface area contributed by atoms with Gasteiger partial charge < -0.3 is 10.0 Å². The van der Waals surface area contributed by atoms with E-state index in [1.165, 1.54) is 4.90 Å². The van der Waals surface area contributed by atoms with Gasteiger partial charge in [0.15, 0.2) is 0 Å². The van der Waals surface area contributed by atoms with E-state index in [-0.39, 0.29) is 5.91 Å². The first-order valence-corrected chi connectivity index (χ1v) is 6.68. The molecule has 0 aliphatic rings. The lowest BCUT2D eigenvalue weighted by atomic mass is 10.3. The van der Waals surface area contributed by atoms with Crippen molar-refractivity contribution in [3.63, 3.8) is 0 Å². The van der Waals surface area contributed by atoms with Crippen LogP contribution in [0.3, 0.4) is 0 Å². The molecule has 0 aromatic heterocycles. The highest BCUT2D eigenvalue weighted by atomic mass is 32.2. The van der Waals surface area contributed by atoms with Gasteiger partial charge in [0, 0.05) is 30.7 Å². The molecule has 1 rings (SSSR count). The summed E-state index contributed by atoms with van der Waals surface area (Å²) in [7, 11) is 1.72. The van der Waals surface area contributed by atoms with E-state index in [0.717, 1.165) is 5.75 Å². The summed E-state index contributed by atoms with van der Waals surface area (Å²) in [4.78, 5) is 14.4. The van der Waals surface area contributed by atoms with E-state index in [1.54, 1.807) is 30.6 Å². The highest BCUT2D eigenvalue weighted by molar-refractivity contribution is 7.99. The van der Waals surface area contributed by atoms with Crippen molar-refractivity contribution in [1.82, 2.24) is 4.90 Å². The van der Waals surface area contributed by atoms with Crippen LogP contribution in [0.2, 0.25) is 0 Å². The number of benzene rings is 1. The summed E-state index contributed by atoms with van der Waals surface area (Å²) in [5.74, 6) is 0.849. The fraction of sp³-hybridized carbons (Fsp3) is 0.462. The Kier molecular flexibility index (Phi) is 6.08. The van der Waals surface area contributed by atoms with E-state index in [4.69, 9.17) is 0 Å². The third-order valence-corrected chi connectivity index (χ3v) is 3.31. The third-order valence-electron chi connectivity index (χ3n) is 2.29. The molecule has 0 bridgehead atoms. The first-order chi connectivity index (χ1) is 8.09. The summed E-state index contributed by atoms with van der Waals surface area (Å²) in [6.07, 6.45) is 0.0358. The quantitative estimate of drug-likeness (QED) is 0.788. The van der Waals surface area contributed by atoms with Crippen molar-refractivity contribution in [2.45, 2.75) is 24.3 Å². The molecule has 1 aromatic rings. The van der Waals surface area contributed by atoms with Crippen LogP contribution in [-0.4, -0.2) is 41.4 Å². The summed E-state index contributed by atoms with van der Waals surface area (Å²) in [6.45, 7) is 2.08. The minimum absolute atomic E-state index is 0.0781. The minimum atomic E-state index is -0.467. The number of thioether (sulfide) groups is 1. The molecule has 1 unspecified atom stereocenters. The number of hydrogen-bond acceptors (Lipinski definition) is 3. The number of likely N-dealkylation sites (N-methyl/N-ethyl adjacent to an activating group) is 1. The second-order valence-electron chi connectivity index (χ2n) is 4.03. The third kappa shape index (κ3) is 5.75. The fourth-order valence-corrected chi connectivity index (χ4v) is 2.32. The van der Waals surface area contributed by atoms with Crippen molar-refractivity contribution < 1.29 is 9.90 Å². The Morgan fingerprint density at radius 2 is 2.06 bits per heavy atom. The highest BCUT2D eigenvalue weighted by Gasteiger charge is 2.10. The fourth-order valence-electron chi connectivity index (χ4n) is 1.46. The van der Waals surface area contributed by atoms with E-state index in [1.807, 2.05) is 30.3 Å². The monoisotopic (exact) mass is 253 g/mol. The van der Waals surface area contributed by atoms with Gasteiger partial charge >= 0.3 is 0 Å². The number of aliphatic hydroxyl groups excluding tert-OH is 1. The lowest BCUT2D eigenvalue weighted by molar-refractivity contribution is -0.130. The predicted octanol–water partition coefficient (Wildman–Crippen LogP) is 2.01. The topological polar surface area (TPSA) is 40.5 Å². The number of carbonyl (C=O) groups excluding carboxylic acids is 1. The van der Waals surface area contributed by atoms with Crippen LogP contribution >= 0.6 is 11.8 Å². The highest BCUT2D eigenvalue weighted by Crippen LogP contribution is 2.17. The van der Waals surface area contributed by atoms with Gasteiger partial charge in [-0.15, -0.1) is 11.8 Å². The zero-order chi connectivity index (χ0) is 12.7. The molecule has 1 aromatic carbocycles. The molecule has 0 fully saturated rings. The first kappa shape index (κ1) is 14.1. The molecule has 0 saturated heterocycles. The lowest BCUT2D eigenvalue weighted by Gasteiger charge is -2.18. The van der Waals surface area contributed by atoms with Crippen LogP contribution in [0.5, 0.6) is 0 Å². The van der Waals surface area contributed by atoms with E-state index < -0.39 is 6.10 Å². The number of hydrogen-bond donors (Lipinski definition) is 1. The second kappa shape index (κ2) is 7.35. The standard InChI is InChI=1S/C13H19NO2S/c1-11(15)10-14(2)13(16)8-9-17-12-6-4-3-5-7-12/h3-7,11,15H,8-10H2,1-2H3.